The van der Waals surface area contributed by atoms with E-state index in [4.69, 9.17) is 5.73 Å². The highest BCUT2D eigenvalue weighted by molar-refractivity contribution is 6.38. The molecule has 0 bridgehead atoms. The summed E-state index contributed by atoms with van der Waals surface area (Å²) in [5.41, 5.74) is 5.79. The lowest BCUT2D eigenvalue weighted by molar-refractivity contribution is -0.137. The van der Waals surface area contributed by atoms with Crippen molar-refractivity contribution in [3.05, 3.63) is 60.3 Å². The van der Waals surface area contributed by atoms with Gasteiger partial charge < -0.3 is 16.0 Å². The summed E-state index contributed by atoms with van der Waals surface area (Å²) < 4.78 is 1.55. The molecule has 27 heavy (non-hydrogen) atoms. The highest BCUT2D eigenvalue weighted by atomic mass is 16.2. The summed E-state index contributed by atoms with van der Waals surface area (Å²) in [6, 6.07) is 4.11. The summed E-state index contributed by atoms with van der Waals surface area (Å²) in [4.78, 5) is 51.4. The number of nitrogens with two attached hydrogens (primary N) is 1. The molecular weight excluding hydrogens is 350 g/mol. The summed E-state index contributed by atoms with van der Waals surface area (Å²) in [7, 11) is 0. The molecule has 0 radical (unpaired) electrons. The SMILES string of the molecule is Cc1ncc(C(=O)NC(Cc2c[nH]cn2)C(=O)C(N)=O)n1-c1ccccn1. The smallest absolute Gasteiger partial charge is 0.287 e. The zero-order valence-corrected chi connectivity index (χ0v) is 14.4. The molecule has 10 heteroatoms. The van der Waals surface area contributed by atoms with Gasteiger partial charge in [-0.25, -0.2) is 15.0 Å². The van der Waals surface area contributed by atoms with Crippen LogP contribution < -0.4 is 11.1 Å². The lowest BCUT2D eigenvalue weighted by Gasteiger charge is -2.16. The highest BCUT2D eigenvalue weighted by Gasteiger charge is 2.28. The second-order valence-electron chi connectivity index (χ2n) is 5.73. The number of carbonyl (C=O) groups excluding carboxylic acids is 3. The lowest BCUT2D eigenvalue weighted by atomic mass is 10.1. The van der Waals surface area contributed by atoms with E-state index >= 15 is 0 Å². The van der Waals surface area contributed by atoms with Crippen LogP contribution in [0.15, 0.2) is 43.1 Å². The van der Waals surface area contributed by atoms with Crippen LogP contribution in [0.1, 0.15) is 22.0 Å². The number of H-pyrrole nitrogens is 1. The Hall–Kier alpha value is -3.82. The maximum atomic E-state index is 12.8. The Labute approximate surface area is 153 Å². The zero-order valence-electron chi connectivity index (χ0n) is 14.4. The first-order valence-corrected chi connectivity index (χ1v) is 8.05. The number of amides is 2. The molecule has 1 unspecified atom stereocenters. The number of aryl methyl sites for hydroxylation is 1. The van der Waals surface area contributed by atoms with Crippen LogP contribution in [0.4, 0.5) is 0 Å². The number of ketones is 1. The Balaban J connectivity index is 1.88. The average Bonchev–Trinajstić information content (AvgIpc) is 3.30. The number of hydrogen-bond acceptors (Lipinski definition) is 6. The van der Waals surface area contributed by atoms with Gasteiger partial charge in [-0.2, -0.15) is 0 Å². The van der Waals surface area contributed by atoms with Crippen LogP contribution in [0.2, 0.25) is 0 Å². The zero-order chi connectivity index (χ0) is 19.4. The van der Waals surface area contributed by atoms with E-state index in [-0.39, 0.29) is 12.1 Å². The molecule has 3 rings (SSSR count). The van der Waals surface area contributed by atoms with E-state index in [0.29, 0.717) is 17.3 Å². The van der Waals surface area contributed by atoms with Crippen molar-refractivity contribution < 1.29 is 14.4 Å². The molecule has 3 heterocycles. The molecular formula is C17H17N7O3. The first-order chi connectivity index (χ1) is 13.0. The summed E-state index contributed by atoms with van der Waals surface area (Å²) in [6.07, 6.45) is 5.99. The van der Waals surface area contributed by atoms with Crippen molar-refractivity contribution in [3.8, 4) is 5.82 Å². The Kier molecular flexibility index (Phi) is 5.06. The number of pyridine rings is 1. The summed E-state index contributed by atoms with van der Waals surface area (Å²) >= 11 is 0. The van der Waals surface area contributed by atoms with Crippen molar-refractivity contribution in [3.63, 3.8) is 0 Å². The van der Waals surface area contributed by atoms with Gasteiger partial charge in [0.25, 0.3) is 11.8 Å². The lowest BCUT2D eigenvalue weighted by Crippen LogP contribution is -2.47. The molecule has 0 fully saturated rings. The summed E-state index contributed by atoms with van der Waals surface area (Å²) in [5, 5.41) is 2.54. The van der Waals surface area contributed by atoms with Gasteiger partial charge in [0.05, 0.1) is 18.2 Å². The molecule has 0 aliphatic heterocycles. The number of aromatic amines is 1. The number of nitrogens with one attached hydrogen (secondary N) is 2. The van der Waals surface area contributed by atoms with E-state index in [1.807, 2.05) is 0 Å². The van der Waals surface area contributed by atoms with Crippen LogP contribution in [-0.4, -0.2) is 48.1 Å². The Bertz CT molecular complexity index is 964. The molecule has 0 aromatic carbocycles. The van der Waals surface area contributed by atoms with Gasteiger partial charge in [-0.1, -0.05) is 6.07 Å². The molecule has 10 nitrogen and oxygen atoms in total. The molecule has 0 saturated heterocycles. The molecule has 4 N–H and O–H groups in total. The van der Waals surface area contributed by atoms with E-state index in [9.17, 15) is 14.4 Å². The van der Waals surface area contributed by atoms with Gasteiger partial charge in [0.2, 0.25) is 5.78 Å². The molecule has 3 aromatic rings. The third kappa shape index (κ3) is 3.89. The minimum Gasteiger partial charge on any atom is -0.363 e. The van der Waals surface area contributed by atoms with Crippen molar-refractivity contribution in [2.24, 2.45) is 5.73 Å². The van der Waals surface area contributed by atoms with Gasteiger partial charge in [-0.3, -0.25) is 19.0 Å². The minimum atomic E-state index is -1.15. The molecule has 1 atom stereocenters. The van der Waals surface area contributed by atoms with E-state index in [1.54, 1.807) is 42.1 Å². The third-order valence-electron chi connectivity index (χ3n) is 3.88. The number of rotatable bonds is 7. The number of hydrogen-bond donors (Lipinski definition) is 3. The number of imidazole rings is 2. The predicted molar refractivity (Wildman–Crippen MR) is 93.8 cm³/mol. The van der Waals surface area contributed by atoms with Crippen molar-refractivity contribution in [1.29, 1.82) is 0 Å². The molecule has 0 aliphatic carbocycles. The highest BCUT2D eigenvalue weighted by Crippen LogP contribution is 2.13. The average molecular weight is 367 g/mol. The first kappa shape index (κ1) is 18.0. The van der Waals surface area contributed by atoms with Crippen molar-refractivity contribution in [2.75, 3.05) is 0 Å². The van der Waals surface area contributed by atoms with Crippen molar-refractivity contribution >= 4 is 17.6 Å². The Morgan fingerprint density at radius 1 is 1.26 bits per heavy atom. The van der Waals surface area contributed by atoms with E-state index in [1.165, 1.54) is 12.5 Å². The second kappa shape index (κ2) is 7.60. The molecule has 0 spiro atoms. The number of aromatic nitrogens is 5. The van der Waals surface area contributed by atoms with Crippen LogP contribution >= 0.6 is 0 Å². The van der Waals surface area contributed by atoms with Crippen LogP contribution in [0.25, 0.3) is 5.82 Å². The quantitative estimate of drug-likeness (QED) is 0.488. The normalized spacial score (nSPS) is 11.7. The van der Waals surface area contributed by atoms with E-state index < -0.39 is 23.6 Å². The molecule has 0 aliphatic rings. The van der Waals surface area contributed by atoms with Crippen LogP contribution in [-0.2, 0) is 16.0 Å². The van der Waals surface area contributed by atoms with Gasteiger partial charge in [0.1, 0.15) is 23.4 Å². The van der Waals surface area contributed by atoms with Crippen LogP contribution in [0.3, 0.4) is 0 Å². The number of nitrogens with zero attached hydrogens (tertiary/aromatic N) is 4. The Morgan fingerprint density at radius 3 is 2.70 bits per heavy atom. The topological polar surface area (TPSA) is 149 Å². The Morgan fingerprint density at radius 2 is 2.07 bits per heavy atom. The molecule has 138 valence electrons. The number of carbonyl (C=O) groups is 3. The van der Waals surface area contributed by atoms with Gasteiger partial charge >= 0.3 is 0 Å². The van der Waals surface area contributed by atoms with Crippen LogP contribution in [0, 0.1) is 6.92 Å². The van der Waals surface area contributed by atoms with Gasteiger partial charge in [0.15, 0.2) is 0 Å². The van der Waals surface area contributed by atoms with Crippen molar-refractivity contribution in [2.45, 2.75) is 19.4 Å². The van der Waals surface area contributed by atoms with Gasteiger partial charge in [-0.15, -0.1) is 0 Å². The van der Waals surface area contributed by atoms with Gasteiger partial charge in [-0.05, 0) is 19.1 Å². The standard InChI is InChI=1S/C17H17N7O3/c1-10-21-8-13(24(10)14-4-2-3-5-20-14)17(27)23-12(15(25)16(18)26)6-11-7-19-9-22-11/h2-5,7-9,12H,6H2,1H3,(H2,18,26)(H,19,22)(H,23,27). The summed E-state index contributed by atoms with van der Waals surface area (Å²) in [6.45, 7) is 1.72. The largest absolute Gasteiger partial charge is 0.363 e. The number of primary amides is 1. The molecule has 2 amide bonds. The third-order valence-corrected chi connectivity index (χ3v) is 3.88. The fourth-order valence-electron chi connectivity index (χ4n) is 2.60. The fourth-order valence-corrected chi connectivity index (χ4v) is 2.60. The second-order valence-corrected chi connectivity index (χ2v) is 5.73. The van der Waals surface area contributed by atoms with E-state index in [0.717, 1.165) is 0 Å². The van der Waals surface area contributed by atoms with Crippen molar-refractivity contribution in [1.82, 2.24) is 29.8 Å². The van der Waals surface area contributed by atoms with E-state index in [2.05, 4.69) is 25.3 Å². The predicted octanol–water partition coefficient (Wildman–Crippen LogP) is -0.306. The maximum Gasteiger partial charge on any atom is 0.287 e. The van der Waals surface area contributed by atoms with Crippen LogP contribution in [0.5, 0.6) is 0 Å². The first-order valence-electron chi connectivity index (χ1n) is 8.05. The monoisotopic (exact) mass is 367 g/mol. The van der Waals surface area contributed by atoms with Gasteiger partial charge in [0, 0.05) is 18.8 Å². The maximum absolute atomic E-state index is 12.8. The molecule has 3 aromatic heterocycles. The minimum absolute atomic E-state index is 0.0215. The number of Topliss-reactive ketones (excluding diaryl/α,β-unsaturated/α-hetero) is 1. The fraction of sp³-hybridized carbons (Fsp3) is 0.176. The molecule has 0 saturated carbocycles. The summed E-state index contributed by atoms with van der Waals surface area (Å²) in [5.74, 6) is -1.58.